The van der Waals surface area contributed by atoms with Gasteiger partial charge >= 0.3 is 0 Å². The van der Waals surface area contributed by atoms with Gasteiger partial charge in [0.25, 0.3) is 5.91 Å². The third-order valence-corrected chi connectivity index (χ3v) is 4.55. The van der Waals surface area contributed by atoms with Gasteiger partial charge in [-0.3, -0.25) is 4.79 Å². The average Bonchev–Trinajstić information content (AvgIpc) is 2.59. The standard InChI is InChI=1S/C21H25NO4/c1-13-6-7-17-18(12-21(2,3)26-19(17)8-13)22-20(23)14-9-15(24-4)11-16(10-14)25-5/h6-11,18H,12H2,1-5H3,(H,22,23). The molecule has 1 heterocycles. The number of hydrogen-bond acceptors (Lipinski definition) is 4. The van der Waals surface area contributed by atoms with Crippen molar-refractivity contribution in [1.29, 1.82) is 0 Å². The maximum atomic E-state index is 12.9. The molecular weight excluding hydrogens is 330 g/mol. The zero-order valence-corrected chi connectivity index (χ0v) is 15.9. The molecule has 0 fully saturated rings. The number of hydrogen-bond donors (Lipinski definition) is 1. The maximum Gasteiger partial charge on any atom is 0.252 e. The van der Waals surface area contributed by atoms with Crippen LogP contribution in [0.2, 0.25) is 0 Å². The number of ether oxygens (including phenoxy) is 3. The fourth-order valence-corrected chi connectivity index (χ4v) is 3.27. The Morgan fingerprint density at radius 2 is 1.77 bits per heavy atom. The molecule has 1 aliphatic heterocycles. The van der Waals surface area contributed by atoms with E-state index >= 15 is 0 Å². The third-order valence-electron chi connectivity index (χ3n) is 4.55. The lowest BCUT2D eigenvalue weighted by molar-refractivity contribution is 0.0619. The molecule has 0 radical (unpaired) electrons. The third kappa shape index (κ3) is 3.77. The van der Waals surface area contributed by atoms with E-state index in [-0.39, 0.29) is 17.6 Å². The van der Waals surface area contributed by atoms with Crippen molar-refractivity contribution in [1.82, 2.24) is 5.32 Å². The minimum atomic E-state index is -0.356. The van der Waals surface area contributed by atoms with Crippen LogP contribution >= 0.6 is 0 Å². The second kappa shape index (κ2) is 6.90. The van der Waals surface area contributed by atoms with Crippen LogP contribution in [0.1, 0.15) is 47.8 Å². The molecule has 26 heavy (non-hydrogen) atoms. The van der Waals surface area contributed by atoms with Gasteiger partial charge in [0.1, 0.15) is 22.8 Å². The average molecular weight is 355 g/mol. The summed E-state index contributed by atoms with van der Waals surface area (Å²) in [6, 6.07) is 11.1. The van der Waals surface area contributed by atoms with Crippen molar-refractivity contribution in [3.63, 3.8) is 0 Å². The fraction of sp³-hybridized carbons (Fsp3) is 0.381. The van der Waals surface area contributed by atoms with Gasteiger partial charge in [0, 0.05) is 23.6 Å². The Morgan fingerprint density at radius 3 is 2.38 bits per heavy atom. The number of amides is 1. The Kier molecular flexibility index (Phi) is 4.81. The van der Waals surface area contributed by atoms with Gasteiger partial charge in [-0.15, -0.1) is 0 Å². The molecule has 0 saturated carbocycles. The second-order valence-electron chi connectivity index (χ2n) is 7.23. The van der Waals surface area contributed by atoms with Gasteiger partial charge in [-0.05, 0) is 44.5 Å². The number of carbonyl (C=O) groups excluding carboxylic acids is 1. The van der Waals surface area contributed by atoms with Gasteiger partial charge in [0.05, 0.1) is 20.3 Å². The van der Waals surface area contributed by atoms with Crippen LogP contribution in [0.25, 0.3) is 0 Å². The lowest BCUT2D eigenvalue weighted by Crippen LogP contribution is -2.41. The molecule has 2 aromatic rings. The van der Waals surface area contributed by atoms with E-state index in [4.69, 9.17) is 14.2 Å². The molecule has 3 rings (SSSR count). The molecule has 0 bridgehead atoms. The van der Waals surface area contributed by atoms with Crippen LogP contribution in [0.3, 0.4) is 0 Å². The molecule has 0 aromatic heterocycles. The van der Waals surface area contributed by atoms with Crippen LogP contribution in [0.15, 0.2) is 36.4 Å². The summed E-state index contributed by atoms with van der Waals surface area (Å²) in [7, 11) is 3.13. The van der Waals surface area contributed by atoms with E-state index in [0.717, 1.165) is 16.9 Å². The molecule has 1 N–H and O–H groups in total. The predicted molar refractivity (Wildman–Crippen MR) is 100 cm³/mol. The normalized spacial score (nSPS) is 17.7. The molecule has 2 aromatic carbocycles. The summed E-state index contributed by atoms with van der Waals surface area (Å²) in [4.78, 5) is 12.9. The first-order valence-corrected chi connectivity index (χ1v) is 8.65. The van der Waals surface area contributed by atoms with Crippen molar-refractivity contribution < 1.29 is 19.0 Å². The van der Waals surface area contributed by atoms with Crippen LogP contribution in [0.5, 0.6) is 17.2 Å². The first-order chi connectivity index (χ1) is 12.3. The van der Waals surface area contributed by atoms with Crippen LogP contribution in [0.4, 0.5) is 0 Å². The van der Waals surface area contributed by atoms with Crippen molar-refractivity contribution in [2.75, 3.05) is 14.2 Å². The summed E-state index contributed by atoms with van der Waals surface area (Å²) < 4.78 is 16.6. The first kappa shape index (κ1) is 18.1. The lowest BCUT2D eigenvalue weighted by atomic mass is 9.89. The predicted octanol–water partition coefficient (Wildman–Crippen LogP) is 4.04. The molecular formula is C21H25NO4. The SMILES string of the molecule is COc1cc(OC)cc(C(=O)NC2CC(C)(C)Oc3cc(C)ccc32)c1. The number of carbonyl (C=O) groups is 1. The topological polar surface area (TPSA) is 56.8 Å². The Hall–Kier alpha value is -2.69. The van der Waals surface area contributed by atoms with Gasteiger partial charge in [-0.25, -0.2) is 0 Å². The lowest BCUT2D eigenvalue weighted by Gasteiger charge is -2.38. The summed E-state index contributed by atoms with van der Waals surface area (Å²) in [5.41, 5.74) is 2.27. The smallest absolute Gasteiger partial charge is 0.252 e. The number of rotatable bonds is 4. The van der Waals surface area contributed by atoms with Crippen LogP contribution in [0, 0.1) is 6.92 Å². The van der Waals surface area contributed by atoms with E-state index in [2.05, 4.69) is 5.32 Å². The van der Waals surface area contributed by atoms with Gasteiger partial charge in [0.15, 0.2) is 0 Å². The highest BCUT2D eigenvalue weighted by Gasteiger charge is 2.34. The molecule has 1 atom stereocenters. The molecule has 5 nitrogen and oxygen atoms in total. The molecule has 5 heteroatoms. The quantitative estimate of drug-likeness (QED) is 0.899. The van der Waals surface area contributed by atoms with Crippen molar-refractivity contribution in [3.05, 3.63) is 53.1 Å². The summed E-state index contributed by atoms with van der Waals surface area (Å²) in [5.74, 6) is 1.82. The number of fused-ring (bicyclic) bond motifs is 1. The molecule has 0 aliphatic carbocycles. The van der Waals surface area contributed by atoms with Gasteiger partial charge in [0.2, 0.25) is 0 Å². The molecule has 0 saturated heterocycles. The first-order valence-electron chi connectivity index (χ1n) is 8.65. The van der Waals surface area contributed by atoms with E-state index in [1.165, 1.54) is 0 Å². The van der Waals surface area contributed by atoms with Gasteiger partial charge < -0.3 is 19.5 Å². The number of methoxy groups -OCH3 is 2. The van der Waals surface area contributed by atoms with E-state index in [0.29, 0.717) is 23.5 Å². The zero-order chi connectivity index (χ0) is 18.9. The summed E-state index contributed by atoms with van der Waals surface area (Å²) in [6.07, 6.45) is 0.690. The van der Waals surface area contributed by atoms with E-state index in [1.54, 1.807) is 32.4 Å². The zero-order valence-electron chi connectivity index (χ0n) is 15.9. The van der Waals surface area contributed by atoms with Crippen molar-refractivity contribution in [3.8, 4) is 17.2 Å². The van der Waals surface area contributed by atoms with Crippen molar-refractivity contribution >= 4 is 5.91 Å². The fourth-order valence-electron chi connectivity index (χ4n) is 3.27. The monoisotopic (exact) mass is 355 g/mol. The van der Waals surface area contributed by atoms with E-state index in [1.807, 2.05) is 39.0 Å². The highest BCUT2D eigenvalue weighted by Crippen LogP contribution is 2.40. The number of aryl methyl sites for hydroxylation is 1. The van der Waals surface area contributed by atoms with E-state index < -0.39 is 0 Å². The minimum Gasteiger partial charge on any atom is -0.497 e. The van der Waals surface area contributed by atoms with Gasteiger partial charge in [-0.2, -0.15) is 0 Å². The van der Waals surface area contributed by atoms with Crippen molar-refractivity contribution in [2.45, 2.75) is 38.8 Å². The van der Waals surface area contributed by atoms with Crippen LogP contribution in [-0.4, -0.2) is 25.7 Å². The second-order valence-corrected chi connectivity index (χ2v) is 7.23. The summed E-state index contributed by atoms with van der Waals surface area (Å²) in [5, 5.41) is 3.14. The Morgan fingerprint density at radius 1 is 1.12 bits per heavy atom. The highest BCUT2D eigenvalue weighted by atomic mass is 16.5. The minimum absolute atomic E-state index is 0.126. The Bertz CT molecular complexity index is 807. The van der Waals surface area contributed by atoms with Crippen LogP contribution < -0.4 is 19.5 Å². The summed E-state index contributed by atoms with van der Waals surface area (Å²) in [6.45, 7) is 6.10. The Labute approximate surface area is 154 Å². The largest absolute Gasteiger partial charge is 0.497 e. The summed E-state index contributed by atoms with van der Waals surface area (Å²) >= 11 is 0. The van der Waals surface area contributed by atoms with Crippen LogP contribution in [-0.2, 0) is 0 Å². The molecule has 1 aliphatic rings. The molecule has 138 valence electrons. The van der Waals surface area contributed by atoms with Gasteiger partial charge in [-0.1, -0.05) is 12.1 Å². The molecule has 1 unspecified atom stereocenters. The van der Waals surface area contributed by atoms with E-state index in [9.17, 15) is 4.79 Å². The number of nitrogens with one attached hydrogen (secondary N) is 1. The Balaban J connectivity index is 1.90. The van der Waals surface area contributed by atoms with Crippen molar-refractivity contribution in [2.24, 2.45) is 0 Å². The molecule has 1 amide bonds. The molecule has 0 spiro atoms. The highest BCUT2D eigenvalue weighted by molar-refractivity contribution is 5.95. The maximum absolute atomic E-state index is 12.9. The number of benzene rings is 2.